The summed E-state index contributed by atoms with van der Waals surface area (Å²) in [5.41, 5.74) is 1.48. The Hall–Kier alpha value is -3.23. The fraction of sp³-hybridized carbons (Fsp3) is 0.292. The lowest BCUT2D eigenvalue weighted by atomic mass is 9.99. The van der Waals surface area contributed by atoms with E-state index in [0.29, 0.717) is 46.7 Å². The lowest BCUT2D eigenvalue weighted by Gasteiger charge is -2.24. The number of benzene rings is 1. The summed E-state index contributed by atoms with van der Waals surface area (Å²) < 4.78 is 10.9. The molecule has 1 unspecified atom stereocenters. The van der Waals surface area contributed by atoms with Crippen LogP contribution in [0.1, 0.15) is 39.3 Å². The minimum absolute atomic E-state index is 0.0214. The predicted octanol–water partition coefficient (Wildman–Crippen LogP) is 4.63. The first-order chi connectivity index (χ1) is 15.4. The van der Waals surface area contributed by atoms with Crippen LogP contribution in [-0.2, 0) is 9.53 Å². The highest BCUT2D eigenvalue weighted by Crippen LogP contribution is 2.41. The molecule has 0 radical (unpaired) electrons. The first-order valence-corrected chi connectivity index (χ1v) is 11.1. The van der Waals surface area contributed by atoms with Gasteiger partial charge in [-0.25, -0.2) is 4.98 Å². The molecule has 0 spiro atoms. The van der Waals surface area contributed by atoms with Gasteiger partial charge in [0, 0.05) is 25.8 Å². The lowest BCUT2D eigenvalue weighted by molar-refractivity contribution is -0.129. The molecule has 166 valence electrons. The minimum Gasteiger partial charge on any atom is -0.503 e. The monoisotopic (exact) mass is 452 g/mol. The molecule has 0 fully saturated rings. The molecule has 0 bridgehead atoms. The molecule has 1 amide bonds. The van der Waals surface area contributed by atoms with Crippen molar-refractivity contribution in [3.63, 3.8) is 0 Å². The second-order valence-electron chi connectivity index (χ2n) is 7.59. The second-order valence-corrected chi connectivity index (χ2v) is 8.59. The predicted molar refractivity (Wildman–Crippen MR) is 121 cm³/mol. The number of Topliss-reactive ketones (excluding diaryl/α,β-unsaturated/α-hetero) is 1. The number of nitrogens with zero attached hydrogens (tertiary/aromatic N) is 2. The van der Waals surface area contributed by atoms with Crippen LogP contribution >= 0.6 is 11.3 Å². The van der Waals surface area contributed by atoms with Gasteiger partial charge in [0.15, 0.2) is 5.76 Å². The molecule has 32 heavy (non-hydrogen) atoms. The average molecular weight is 453 g/mol. The molecule has 1 atom stereocenters. The number of carbonyl (C=O) groups is 2. The van der Waals surface area contributed by atoms with E-state index in [1.807, 2.05) is 30.3 Å². The fourth-order valence-corrected chi connectivity index (χ4v) is 4.85. The van der Waals surface area contributed by atoms with Crippen LogP contribution in [0.2, 0.25) is 0 Å². The number of methoxy groups -OCH3 is 1. The molecule has 1 aliphatic rings. The number of amides is 1. The van der Waals surface area contributed by atoms with E-state index in [0.717, 1.165) is 5.56 Å². The van der Waals surface area contributed by atoms with Gasteiger partial charge in [-0.3, -0.25) is 9.59 Å². The number of ether oxygens (including phenoxy) is 1. The van der Waals surface area contributed by atoms with E-state index >= 15 is 0 Å². The maximum atomic E-state index is 13.6. The van der Waals surface area contributed by atoms with E-state index in [2.05, 4.69) is 4.98 Å². The Balaban J connectivity index is 1.74. The van der Waals surface area contributed by atoms with Crippen LogP contribution in [0.4, 0.5) is 0 Å². The van der Waals surface area contributed by atoms with E-state index in [1.54, 1.807) is 33.1 Å². The number of hydrogen-bond acceptors (Lipinski definition) is 7. The van der Waals surface area contributed by atoms with E-state index in [-0.39, 0.29) is 5.57 Å². The zero-order valence-electron chi connectivity index (χ0n) is 18.1. The summed E-state index contributed by atoms with van der Waals surface area (Å²) in [7, 11) is 1.58. The minimum atomic E-state index is -0.803. The third kappa shape index (κ3) is 3.99. The number of aryl methyl sites for hydroxylation is 2. The van der Waals surface area contributed by atoms with Gasteiger partial charge in [-0.2, -0.15) is 0 Å². The van der Waals surface area contributed by atoms with E-state index in [9.17, 15) is 14.7 Å². The highest BCUT2D eigenvalue weighted by atomic mass is 32.1. The first-order valence-electron chi connectivity index (χ1n) is 10.3. The van der Waals surface area contributed by atoms with Crippen molar-refractivity contribution in [3.8, 4) is 10.6 Å². The summed E-state index contributed by atoms with van der Waals surface area (Å²) in [5.74, 6) is -0.454. The third-order valence-electron chi connectivity index (χ3n) is 5.35. The van der Waals surface area contributed by atoms with Crippen LogP contribution in [0.5, 0.6) is 0 Å². The Bertz CT molecular complexity index is 1180. The molecule has 0 aliphatic carbocycles. The molecule has 0 saturated carbocycles. The molecule has 7 nitrogen and oxygen atoms in total. The van der Waals surface area contributed by atoms with Crippen LogP contribution in [0, 0.1) is 13.8 Å². The van der Waals surface area contributed by atoms with Crippen molar-refractivity contribution in [1.29, 1.82) is 0 Å². The van der Waals surface area contributed by atoms with Crippen molar-refractivity contribution >= 4 is 23.0 Å². The largest absolute Gasteiger partial charge is 0.503 e. The molecule has 8 heteroatoms. The average Bonchev–Trinajstić information content (AvgIpc) is 3.46. The number of hydrogen-bond donors (Lipinski definition) is 1. The highest BCUT2D eigenvalue weighted by Gasteiger charge is 2.45. The first kappa shape index (κ1) is 22.0. The van der Waals surface area contributed by atoms with Crippen LogP contribution in [0.3, 0.4) is 0 Å². The van der Waals surface area contributed by atoms with Crippen molar-refractivity contribution < 1.29 is 23.8 Å². The summed E-state index contributed by atoms with van der Waals surface area (Å²) in [6.07, 6.45) is 0.560. The molecule has 4 rings (SSSR count). The zero-order chi connectivity index (χ0) is 22.8. The Labute approximate surface area is 190 Å². The van der Waals surface area contributed by atoms with Crippen LogP contribution < -0.4 is 0 Å². The quantitative estimate of drug-likeness (QED) is 0.396. The standard InChI is InChI=1S/C24H24N2O5S/c1-14-10-11-17(31-14)19-18(21(28)24(29)26(19)12-7-13-30-3)20(27)22-15(2)25-23(32-22)16-8-5-4-6-9-16/h4-6,8-11,19,28H,7,12-13H2,1-3H3. The van der Waals surface area contributed by atoms with Gasteiger partial charge in [-0.05, 0) is 32.4 Å². The molecule has 1 N–H and O–H groups in total. The summed E-state index contributed by atoms with van der Waals surface area (Å²) in [6.45, 7) is 4.31. The summed E-state index contributed by atoms with van der Waals surface area (Å²) >= 11 is 1.25. The van der Waals surface area contributed by atoms with E-state index in [4.69, 9.17) is 9.15 Å². The van der Waals surface area contributed by atoms with Gasteiger partial charge in [0.2, 0.25) is 5.78 Å². The molecular weight excluding hydrogens is 428 g/mol. The topological polar surface area (TPSA) is 92.9 Å². The Morgan fingerprint density at radius 1 is 1.22 bits per heavy atom. The van der Waals surface area contributed by atoms with Gasteiger partial charge in [0.05, 0.1) is 16.1 Å². The number of aliphatic hydroxyl groups excluding tert-OH is 1. The molecular formula is C24H24N2O5S. The Morgan fingerprint density at radius 3 is 2.62 bits per heavy atom. The summed E-state index contributed by atoms with van der Waals surface area (Å²) in [4.78, 5) is 33.0. The van der Waals surface area contributed by atoms with Gasteiger partial charge in [0.25, 0.3) is 5.91 Å². The molecule has 3 aromatic rings. The number of ketones is 1. The third-order valence-corrected chi connectivity index (χ3v) is 6.56. The van der Waals surface area contributed by atoms with Gasteiger partial charge < -0.3 is 19.2 Å². The van der Waals surface area contributed by atoms with Crippen molar-refractivity contribution in [3.05, 3.63) is 75.9 Å². The summed E-state index contributed by atoms with van der Waals surface area (Å²) in [5, 5.41) is 11.5. The summed E-state index contributed by atoms with van der Waals surface area (Å²) in [6, 6.07) is 12.3. The van der Waals surface area contributed by atoms with Crippen molar-refractivity contribution in [2.24, 2.45) is 0 Å². The van der Waals surface area contributed by atoms with Crippen LogP contribution in [0.25, 0.3) is 10.6 Å². The SMILES string of the molecule is COCCCN1C(=O)C(O)=C(C(=O)c2sc(-c3ccccc3)nc2C)C1c1ccc(C)o1. The van der Waals surface area contributed by atoms with Gasteiger partial charge in [-0.15, -0.1) is 11.3 Å². The van der Waals surface area contributed by atoms with Crippen molar-refractivity contribution in [2.75, 3.05) is 20.3 Å². The van der Waals surface area contributed by atoms with Crippen molar-refractivity contribution in [2.45, 2.75) is 26.3 Å². The molecule has 1 aromatic carbocycles. The van der Waals surface area contributed by atoms with Crippen LogP contribution in [-0.4, -0.2) is 46.9 Å². The lowest BCUT2D eigenvalue weighted by Crippen LogP contribution is -2.32. The molecule has 3 heterocycles. The van der Waals surface area contributed by atoms with Crippen molar-refractivity contribution in [1.82, 2.24) is 9.88 Å². The number of furan rings is 1. The normalized spacial score (nSPS) is 16.3. The maximum Gasteiger partial charge on any atom is 0.290 e. The highest BCUT2D eigenvalue weighted by molar-refractivity contribution is 7.17. The smallest absolute Gasteiger partial charge is 0.290 e. The van der Waals surface area contributed by atoms with Gasteiger partial charge >= 0.3 is 0 Å². The Kier molecular flexibility index (Phi) is 6.25. The molecule has 0 saturated heterocycles. The van der Waals surface area contributed by atoms with E-state index < -0.39 is 23.5 Å². The number of aliphatic hydroxyl groups is 1. The molecule has 1 aliphatic heterocycles. The maximum absolute atomic E-state index is 13.6. The van der Waals surface area contributed by atoms with Crippen LogP contribution in [0.15, 0.2) is 58.2 Å². The Morgan fingerprint density at radius 2 is 1.97 bits per heavy atom. The zero-order valence-corrected chi connectivity index (χ0v) is 18.9. The number of carbonyl (C=O) groups excluding carboxylic acids is 2. The second kappa shape index (κ2) is 9.10. The van der Waals surface area contributed by atoms with Gasteiger partial charge in [0.1, 0.15) is 22.6 Å². The fourth-order valence-electron chi connectivity index (χ4n) is 3.83. The number of thiazole rings is 1. The van der Waals surface area contributed by atoms with E-state index in [1.165, 1.54) is 16.2 Å². The number of aromatic nitrogens is 1. The van der Waals surface area contributed by atoms with Gasteiger partial charge in [-0.1, -0.05) is 30.3 Å². The number of rotatable bonds is 8. The molecule has 2 aromatic heterocycles.